The molecule has 0 unspecified atom stereocenters. The van der Waals surface area contributed by atoms with E-state index in [1.807, 2.05) is 0 Å². The Kier molecular flexibility index (Phi) is 5.53. The van der Waals surface area contributed by atoms with Crippen LogP contribution in [0.5, 0.6) is 0 Å². The van der Waals surface area contributed by atoms with Crippen LogP contribution in [0.1, 0.15) is 18.9 Å². The zero-order chi connectivity index (χ0) is 17.1. The van der Waals surface area contributed by atoms with Crippen molar-refractivity contribution < 1.29 is 21.6 Å². The number of hydrogen-bond acceptors (Lipinski definition) is 5. The maximum atomic E-state index is 12.1. The van der Waals surface area contributed by atoms with Gasteiger partial charge in [-0.25, -0.2) is 16.8 Å². The summed E-state index contributed by atoms with van der Waals surface area (Å²) in [6, 6.07) is 4.96. The fourth-order valence-electron chi connectivity index (χ4n) is 2.49. The van der Waals surface area contributed by atoms with Gasteiger partial charge in [-0.15, -0.1) is 0 Å². The SMILES string of the molecule is CCS(=O)(=O)N1CCCc2cc(NS(=O)(=O)CCOC)ccc21. The predicted molar refractivity (Wildman–Crippen MR) is 90.9 cm³/mol. The molecule has 1 N–H and O–H groups in total. The Morgan fingerprint density at radius 2 is 2.00 bits per heavy atom. The third-order valence-electron chi connectivity index (χ3n) is 3.69. The van der Waals surface area contributed by atoms with E-state index >= 15 is 0 Å². The molecule has 0 saturated carbocycles. The normalized spacial score (nSPS) is 15.3. The second-order valence-corrected chi connectivity index (χ2v) is 9.36. The average molecular weight is 362 g/mol. The number of aryl methyl sites for hydroxylation is 1. The first kappa shape index (κ1) is 18.0. The minimum absolute atomic E-state index is 0.0395. The van der Waals surface area contributed by atoms with E-state index in [1.165, 1.54) is 11.4 Å². The molecular formula is C14H22N2O5S2. The van der Waals surface area contributed by atoms with Gasteiger partial charge in [-0.3, -0.25) is 9.03 Å². The van der Waals surface area contributed by atoms with Crippen molar-refractivity contribution in [2.75, 3.05) is 40.8 Å². The first-order valence-electron chi connectivity index (χ1n) is 7.42. The van der Waals surface area contributed by atoms with Gasteiger partial charge in [-0.2, -0.15) is 0 Å². The van der Waals surface area contributed by atoms with Crippen molar-refractivity contribution >= 4 is 31.4 Å². The van der Waals surface area contributed by atoms with Crippen LogP contribution in [-0.2, 0) is 31.2 Å². The van der Waals surface area contributed by atoms with Crippen molar-refractivity contribution in [1.82, 2.24) is 0 Å². The zero-order valence-electron chi connectivity index (χ0n) is 13.3. The van der Waals surface area contributed by atoms with Gasteiger partial charge in [-0.1, -0.05) is 0 Å². The highest BCUT2D eigenvalue weighted by molar-refractivity contribution is 7.93. The molecule has 0 radical (unpaired) electrons. The van der Waals surface area contributed by atoms with Crippen LogP contribution in [0.2, 0.25) is 0 Å². The summed E-state index contributed by atoms with van der Waals surface area (Å²) >= 11 is 0. The maximum Gasteiger partial charge on any atom is 0.234 e. The lowest BCUT2D eigenvalue weighted by molar-refractivity contribution is 0.217. The molecule has 0 fully saturated rings. The third-order valence-corrected chi connectivity index (χ3v) is 6.72. The van der Waals surface area contributed by atoms with Crippen molar-refractivity contribution in [2.24, 2.45) is 0 Å². The standard InChI is InChI=1S/C14H22N2O5S2/c1-3-23(19,20)16-8-4-5-12-11-13(6-7-14(12)16)15-22(17,18)10-9-21-2/h6-7,11,15H,3-5,8-10H2,1-2H3. The number of benzene rings is 1. The summed E-state index contributed by atoms with van der Waals surface area (Å²) in [7, 11) is -5.35. The number of anilines is 2. The Morgan fingerprint density at radius 3 is 2.65 bits per heavy atom. The summed E-state index contributed by atoms with van der Waals surface area (Å²) in [6.45, 7) is 2.19. The van der Waals surface area contributed by atoms with E-state index in [0.717, 1.165) is 12.0 Å². The number of methoxy groups -OCH3 is 1. The largest absolute Gasteiger partial charge is 0.384 e. The van der Waals surface area contributed by atoms with Crippen molar-refractivity contribution in [3.63, 3.8) is 0 Å². The van der Waals surface area contributed by atoms with Crippen LogP contribution in [0.15, 0.2) is 18.2 Å². The number of hydrogen-bond donors (Lipinski definition) is 1. The van der Waals surface area contributed by atoms with E-state index < -0.39 is 20.0 Å². The predicted octanol–water partition coefficient (Wildman–Crippen LogP) is 1.18. The molecule has 0 amide bonds. The summed E-state index contributed by atoms with van der Waals surface area (Å²) in [4.78, 5) is 0. The van der Waals surface area contributed by atoms with E-state index in [0.29, 0.717) is 24.3 Å². The molecule has 2 rings (SSSR count). The molecular weight excluding hydrogens is 340 g/mol. The number of nitrogens with zero attached hydrogens (tertiary/aromatic N) is 1. The zero-order valence-corrected chi connectivity index (χ0v) is 14.9. The Hall–Kier alpha value is -1.32. The number of nitrogens with one attached hydrogen (secondary N) is 1. The molecule has 1 aliphatic heterocycles. The first-order valence-corrected chi connectivity index (χ1v) is 10.7. The highest BCUT2D eigenvalue weighted by atomic mass is 32.2. The summed E-state index contributed by atoms with van der Waals surface area (Å²) in [6.07, 6.45) is 1.44. The Balaban J connectivity index is 2.26. The van der Waals surface area contributed by atoms with Gasteiger partial charge in [0.1, 0.15) is 0 Å². The summed E-state index contributed by atoms with van der Waals surface area (Å²) < 4.78 is 56.8. The van der Waals surface area contributed by atoms with Crippen LogP contribution in [0.25, 0.3) is 0 Å². The second kappa shape index (κ2) is 7.06. The molecule has 1 aromatic rings. The molecule has 0 saturated heterocycles. The van der Waals surface area contributed by atoms with Gasteiger partial charge in [0.2, 0.25) is 20.0 Å². The Labute approximate surface area is 137 Å². The molecule has 7 nitrogen and oxygen atoms in total. The summed E-state index contributed by atoms with van der Waals surface area (Å²) in [5, 5.41) is 0. The quantitative estimate of drug-likeness (QED) is 0.786. The molecule has 1 aliphatic rings. The molecule has 0 atom stereocenters. The highest BCUT2D eigenvalue weighted by Crippen LogP contribution is 2.32. The second-order valence-electron chi connectivity index (χ2n) is 5.33. The molecule has 1 aromatic carbocycles. The van der Waals surface area contributed by atoms with Gasteiger partial charge in [0, 0.05) is 19.3 Å². The number of fused-ring (bicyclic) bond motifs is 1. The van der Waals surface area contributed by atoms with E-state index in [4.69, 9.17) is 4.74 Å². The topological polar surface area (TPSA) is 92.8 Å². The molecule has 0 bridgehead atoms. The smallest absolute Gasteiger partial charge is 0.234 e. The van der Waals surface area contributed by atoms with Crippen LogP contribution in [0.4, 0.5) is 11.4 Å². The first-order chi connectivity index (χ1) is 10.8. The fraction of sp³-hybridized carbons (Fsp3) is 0.571. The fourth-order valence-corrected chi connectivity index (χ4v) is 4.67. The van der Waals surface area contributed by atoms with Crippen LogP contribution in [0.3, 0.4) is 0 Å². The molecule has 9 heteroatoms. The van der Waals surface area contributed by atoms with E-state index in [1.54, 1.807) is 25.1 Å². The molecule has 0 aromatic heterocycles. The third kappa shape index (κ3) is 4.36. The van der Waals surface area contributed by atoms with Gasteiger partial charge in [0.25, 0.3) is 0 Å². The van der Waals surface area contributed by atoms with Crippen LogP contribution < -0.4 is 9.03 Å². The maximum absolute atomic E-state index is 12.1. The van der Waals surface area contributed by atoms with E-state index in [2.05, 4.69) is 4.72 Å². The number of sulfonamides is 2. The highest BCUT2D eigenvalue weighted by Gasteiger charge is 2.26. The Morgan fingerprint density at radius 1 is 1.26 bits per heavy atom. The summed E-state index contributed by atoms with van der Waals surface area (Å²) in [5.74, 6) is -0.0885. The van der Waals surface area contributed by atoms with E-state index in [9.17, 15) is 16.8 Å². The number of rotatable bonds is 7. The van der Waals surface area contributed by atoms with Crippen molar-refractivity contribution in [1.29, 1.82) is 0 Å². The average Bonchev–Trinajstić information content (AvgIpc) is 2.51. The van der Waals surface area contributed by atoms with Crippen molar-refractivity contribution in [2.45, 2.75) is 19.8 Å². The lowest BCUT2D eigenvalue weighted by atomic mass is 10.0. The Bertz CT molecular complexity index is 759. The molecule has 23 heavy (non-hydrogen) atoms. The van der Waals surface area contributed by atoms with Gasteiger partial charge in [-0.05, 0) is 43.5 Å². The van der Waals surface area contributed by atoms with Crippen molar-refractivity contribution in [3.8, 4) is 0 Å². The van der Waals surface area contributed by atoms with Gasteiger partial charge < -0.3 is 4.74 Å². The van der Waals surface area contributed by atoms with Crippen LogP contribution in [0, 0.1) is 0 Å². The van der Waals surface area contributed by atoms with Crippen molar-refractivity contribution in [3.05, 3.63) is 23.8 Å². The summed E-state index contributed by atoms with van der Waals surface area (Å²) in [5.41, 5.74) is 1.91. The number of ether oxygens (including phenoxy) is 1. The minimum atomic E-state index is -3.48. The van der Waals surface area contributed by atoms with Crippen LogP contribution in [-0.4, -0.2) is 48.6 Å². The van der Waals surface area contributed by atoms with Gasteiger partial charge in [0.05, 0.1) is 23.8 Å². The van der Waals surface area contributed by atoms with Crippen LogP contribution >= 0.6 is 0 Å². The van der Waals surface area contributed by atoms with Gasteiger partial charge in [0.15, 0.2) is 0 Å². The monoisotopic (exact) mass is 362 g/mol. The lowest BCUT2D eigenvalue weighted by Crippen LogP contribution is -2.36. The lowest BCUT2D eigenvalue weighted by Gasteiger charge is -2.30. The molecule has 1 heterocycles. The molecule has 130 valence electrons. The van der Waals surface area contributed by atoms with Gasteiger partial charge >= 0.3 is 0 Å². The molecule has 0 aliphatic carbocycles. The molecule has 0 spiro atoms. The minimum Gasteiger partial charge on any atom is -0.384 e. The van der Waals surface area contributed by atoms with E-state index in [-0.39, 0.29) is 18.1 Å².